The van der Waals surface area contributed by atoms with E-state index in [4.69, 9.17) is 18.9 Å². The molecule has 2 heterocycles. The first-order chi connectivity index (χ1) is 7.48. The largest absolute Gasteiger partial charge is 0.393 e. The molecule has 6 nitrogen and oxygen atoms in total. The van der Waals surface area contributed by atoms with Crippen LogP contribution in [0.15, 0.2) is 0 Å². The van der Waals surface area contributed by atoms with E-state index >= 15 is 0 Å². The van der Waals surface area contributed by atoms with Crippen molar-refractivity contribution in [3.05, 3.63) is 0 Å². The summed E-state index contributed by atoms with van der Waals surface area (Å²) in [5, 5.41) is 18.7. The number of aliphatic hydroxyl groups is 2. The van der Waals surface area contributed by atoms with Gasteiger partial charge in [0.15, 0.2) is 12.1 Å². The molecule has 2 saturated heterocycles. The van der Waals surface area contributed by atoms with Crippen molar-refractivity contribution in [2.75, 3.05) is 20.3 Å². The molecule has 0 spiro atoms. The van der Waals surface area contributed by atoms with Gasteiger partial charge in [-0.25, -0.2) is 0 Å². The minimum atomic E-state index is -1.15. The lowest BCUT2D eigenvalue weighted by molar-refractivity contribution is -0.254. The Bertz CT molecular complexity index is 262. The molecule has 2 rings (SSSR count). The normalized spacial score (nSPS) is 39.9. The molecule has 2 aliphatic heterocycles. The van der Waals surface area contributed by atoms with Gasteiger partial charge in [-0.2, -0.15) is 0 Å². The molecular formula is C10H18O6. The fourth-order valence-corrected chi connectivity index (χ4v) is 2.30. The van der Waals surface area contributed by atoms with Gasteiger partial charge in [0.1, 0.15) is 17.8 Å². The highest BCUT2D eigenvalue weighted by Crippen LogP contribution is 2.43. The minimum Gasteiger partial charge on any atom is -0.393 e. The van der Waals surface area contributed by atoms with E-state index in [1.54, 1.807) is 13.8 Å². The first kappa shape index (κ1) is 12.2. The first-order valence-corrected chi connectivity index (χ1v) is 5.26. The summed E-state index contributed by atoms with van der Waals surface area (Å²) < 4.78 is 22.0. The van der Waals surface area contributed by atoms with Crippen LogP contribution in [0.1, 0.15) is 13.8 Å². The highest BCUT2D eigenvalue weighted by Gasteiger charge is 2.62. The fourth-order valence-electron chi connectivity index (χ4n) is 2.30. The zero-order valence-electron chi connectivity index (χ0n) is 9.67. The number of hydrogen-bond acceptors (Lipinski definition) is 6. The highest BCUT2D eigenvalue weighted by molar-refractivity contribution is 5.03. The Morgan fingerprint density at radius 2 is 1.75 bits per heavy atom. The van der Waals surface area contributed by atoms with Gasteiger partial charge in [0.05, 0.1) is 13.2 Å². The predicted octanol–water partition coefficient (Wildman–Crippen LogP) is -0.767. The highest BCUT2D eigenvalue weighted by atomic mass is 16.8. The Labute approximate surface area is 94.1 Å². The molecule has 16 heavy (non-hydrogen) atoms. The molecule has 0 radical (unpaired) electrons. The Morgan fingerprint density at radius 1 is 1.12 bits per heavy atom. The van der Waals surface area contributed by atoms with Crippen LogP contribution in [-0.2, 0) is 18.9 Å². The average molecular weight is 234 g/mol. The van der Waals surface area contributed by atoms with E-state index in [1.807, 2.05) is 0 Å². The number of hydrogen-bond donors (Lipinski definition) is 2. The summed E-state index contributed by atoms with van der Waals surface area (Å²) >= 11 is 0. The predicted molar refractivity (Wildman–Crippen MR) is 52.6 cm³/mol. The van der Waals surface area contributed by atoms with Crippen LogP contribution in [0.25, 0.3) is 0 Å². The van der Waals surface area contributed by atoms with Gasteiger partial charge in [0, 0.05) is 7.11 Å². The van der Waals surface area contributed by atoms with E-state index in [9.17, 15) is 10.2 Å². The summed E-state index contributed by atoms with van der Waals surface area (Å²) in [6, 6.07) is 0. The molecule has 0 amide bonds. The second-order valence-electron chi connectivity index (χ2n) is 4.62. The number of aliphatic hydroxyl groups excluding tert-OH is 2. The van der Waals surface area contributed by atoms with Crippen LogP contribution in [0.2, 0.25) is 0 Å². The van der Waals surface area contributed by atoms with E-state index < -0.39 is 29.9 Å². The molecule has 6 heteroatoms. The topological polar surface area (TPSA) is 77.4 Å². The standard InChI is InChI=1S/C10H18O6/c1-9(2)14-6-7(13-3)10(4-11,5-12)16-8(6)15-9/h6-8,11-12H,4-5H2,1-3H3/t6-,7+,8+/m1/s1. The molecule has 94 valence electrons. The Kier molecular flexibility index (Phi) is 2.98. The second-order valence-corrected chi connectivity index (χ2v) is 4.62. The van der Waals surface area contributed by atoms with E-state index in [0.717, 1.165) is 0 Å². The molecular weight excluding hydrogens is 216 g/mol. The van der Waals surface area contributed by atoms with Gasteiger partial charge >= 0.3 is 0 Å². The van der Waals surface area contributed by atoms with Crippen LogP contribution in [-0.4, -0.2) is 60.4 Å². The molecule has 2 fully saturated rings. The van der Waals surface area contributed by atoms with E-state index in [1.165, 1.54) is 7.11 Å². The van der Waals surface area contributed by atoms with Crippen LogP contribution in [0.4, 0.5) is 0 Å². The number of ether oxygens (including phenoxy) is 4. The van der Waals surface area contributed by atoms with Crippen molar-refractivity contribution in [2.45, 2.75) is 43.7 Å². The van der Waals surface area contributed by atoms with Crippen LogP contribution < -0.4 is 0 Å². The number of rotatable bonds is 3. The monoisotopic (exact) mass is 234 g/mol. The lowest BCUT2D eigenvalue weighted by Crippen LogP contribution is -2.51. The third kappa shape index (κ3) is 1.66. The van der Waals surface area contributed by atoms with Gasteiger partial charge in [-0.05, 0) is 13.8 Å². The smallest absolute Gasteiger partial charge is 0.190 e. The van der Waals surface area contributed by atoms with Crippen molar-refractivity contribution in [3.8, 4) is 0 Å². The Balaban J connectivity index is 2.21. The summed E-state index contributed by atoms with van der Waals surface area (Å²) in [5.41, 5.74) is -1.15. The molecule has 0 aromatic heterocycles. The summed E-state index contributed by atoms with van der Waals surface area (Å²) in [4.78, 5) is 0. The van der Waals surface area contributed by atoms with Gasteiger partial charge in [0.25, 0.3) is 0 Å². The maximum Gasteiger partial charge on any atom is 0.190 e. The van der Waals surface area contributed by atoms with Crippen molar-refractivity contribution in [1.82, 2.24) is 0 Å². The number of fused-ring (bicyclic) bond motifs is 1. The van der Waals surface area contributed by atoms with Crippen LogP contribution in [0.3, 0.4) is 0 Å². The average Bonchev–Trinajstić information content (AvgIpc) is 2.66. The summed E-state index contributed by atoms with van der Waals surface area (Å²) in [7, 11) is 1.49. The van der Waals surface area contributed by atoms with Crippen molar-refractivity contribution < 1.29 is 29.2 Å². The van der Waals surface area contributed by atoms with Crippen molar-refractivity contribution in [3.63, 3.8) is 0 Å². The van der Waals surface area contributed by atoms with Crippen molar-refractivity contribution in [2.24, 2.45) is 0 Å². The van der Waals surface area contributed by atoms with Gasteiger partial charge in [-0.15, -0.1) is 0 Å². The minimum absolute atomic E-state index is 0.345. The molecule has 0 aliphatic carbocycles. The molecule has 0 aromatic rings. The van der Waals surface area contributed by atoms with Gasteiger partial charge in [-0.1, -0.05) is 0 Å². The number of methoxy groups -OCH3 is 1. The SMILES string of the molecule is CO[C@H]1[C@H]2OC(C)(C)O[C@H]2OC1(CO)CO. The first-order valence-electron chi connectivity index (χ1n) is 5.26. The molecule has 3 atom stereocenters. The third-order valence-corrected chi connectivity index (χ3v) is 3.05. The third-order valence-electron chi connectivity index (χ3n) is 3.05. The van der Waals surface area contributed by atoms with E-state index in [-0.39, 0.29) is 13.2 Å². The van der Waals surface area contributed by atoms with Gasteiger partial charge in [0.2, 0.25) is 0 Å². The van der Waals surface area contributed by atoms with Crippen molar-refractivity contribution >= 4 is 0 Å². The molecule has 0 unspecified atom stereocenters. The summed E-state index contributed by atoms with van der Waals surface area (Å²) in [6.45, 7) is 2.87. The lowest BCUT2D eigenvalue weighted by Gasteiger charge is -2.32. The van der Waals surface area contributed by atoms with Crippen molar-refractivity contribution in [1.29, 1.82) is 0 Å². The van der Waals surface area contributed by atoms with Crippen LogP contribution in [0.5, 0.6) is 0 Å². The summed E-state index contributed by atoms with van der Waals surface area (Å²) in [6.07, 6.45) is -1.59. The molecule has 0 aromatic carbocycles. The maximum atomic E-state index is 9.33. The zero-order valence-corrected chi connectivity index (χ0v) is 9.67. The Morgan fingerprint density at radius 3 is 2.25 bits per heavy atom. The van der Waals surface area contributed by atoms with E-state index in [0.29, 0.717) is 0 Å². The molecule has 2 aliphatic rings. The lowest BCUT2D eigenvalue weighted by atomic mass is 9.97. The Hall–Kier alpha value is -0.240. The molecule has 0 bridgehead atoms. The van der Waals surface area contributed by atoms with Gasteiger partial charge < -0.3 is 29.2 Å². The van der Waals surface area contributed by atoms with Gasteiger partial charge in [-0.3, -0.25) is 0 Å². The van der Waals surface area contributed by atoms with E-state index in [2.05, 4.69) is 0 Å². The maximum absolute atomic E-state index is 9.33. The van der Waals surface area contributed by atoms with Crippen LogP contribution in [0, 0.1) is 0 Å². The quantitative estimate of drug-likeness (QED) is 0.668. The summed E-state index contributed by atoms with van der Waals surface area (Å²) in [5.74, 6) is -0.733. The fraction of sp³-hybridized carbons (Fsp3) is 1.00. The second kappa shape index (κ2) is 3.90. The zero-order chi connectivity index (χ0) is 12.0. The van der Waals surface area contributed by atoms with Crippen LogP contribution >= 0.6 is 0 Å². The molecule has 2 N–H and O–H groups in total. The molecule has 0 saturated carbocycles.